The number of pyridine rings is 1. The normalized spacial score (nSPS) is 13.3. The van der Waals surface area contributed by atoms with Gasteiger partial charge in [0.25, 0.3) is 0 Å². The Bertz CT molecular complexity index is 819. The topological polar surface area (TPSA) is 31.4 Å². The van der Waals surface area contributed by atoms with Crippen LogP contribution in [0.15, 0.2) is 59.6 Å². The summed E-state index contributed by atoms with van der Waals surface area (Å²) in [5.41, 5.74) is 2.25. The number of hydrogen-bond donors (Lipinski definition) is 0. The van der Waals surface area contributed by atoms with Gasteiger partial charge in [-0.3, -0.25) is 0 Å². The SMILES string of the molecule is c1ccc2nc(SCc3ccc4c(c3)OCCO4)ccc2c1. The van der Waals surface area contributed by atoms with Crippen LogP contribution in [0.5, 0.6) is 11.5 Å². The second-order valence-electron chi connectivity index (χ2n) is 5.11. The van der Waals surface area contributed by atoms with E-state index in [1.54, 1.807) is 11.8 Å². The molecule has 1 aromatic heterocycles. The van der Waals surface area contributed by atoms with Gasteiger partial charge in [0.2, 0.25) is 0 Å². The summed E-state index contributed by atoms with van der Waals surface area (Å²) in [6.07, 6.45) is 0. The van der Waals surface area contributed by atoms with Gasteiger partial charge in [-0.25, -0.2) is 4.98 Å². The summed E-state index contributed by atoms with van der Waals surface area (Å²) in [6.45, 7) is 1.25. The maximum absolute atomic E-state index is 5.62. The van der Waals surface area contributed by atoms with Crippen molar-refractivity contribution in [1.82, 2.24) is 4.98 Å². The van der Waals surface area contributed by atoms with E-state index in [9.17, 15) is 0 Å². The summed E-state index contributed by atoms with van der Waals surface area (Å²) < 4.78 is 11.2. The molecule has 4 heteroatoms. The van der Waals surface area contributed by atoms with Crippen molar-refractivity contribution in [2.45, 2.75) is 10.8 Å². The highest BCUT2D eigenvalue weighted by atomic mass is 32.2. The molecule has 0 N–H and O–H groups in total. The summed E-state index contributed by atoms with van der Waals surface area (Å²) in [5.74, 6) is 2.54. The van der Waals surface area contributed by atoms with E-state index < -0.39 is 0 Å². The summed E-state index contributed by atoms with van der Waals surface area (Å²) in [5, 5.41) is 2.21. The number of hydrogen-bond acceptors (Lipinski definition) is 4. The Balaban J connectivity index is 1.51. The van der Waals surface area contributed by atoms with Gasteiger partial charge in [0, 0.05) is 11.1 Å². The van der Waals surface area contributed by atoms with Crippen LogP contribution in [-0.4, -0.2) is 18.2 Å². The molecule has 0 bridgehead atoms. The standard InChI is InChI=1S/C18H15NO2S/c1-2-4-15-14(3-1)6-8-18(19-15)22-12-13-5-7-16-17(11-13)21-10-9-20-16/h1-8,11H,9-10,12H2. The summed E-state index contributed by atoms with van der Waals surface area (Å²) in [4.78, 5) is 4.68. The summed E-state index contributed by atoms with van der Waals surface area (Å²) >= 11 is 1.73. The third-order valence-electron chi connectivity index (χ3n) is 3.57. The highest BCUT2D eigenvalue weighted by molar-refractivity contribution is 7.98. The van der Waals surface area contributed by atoms with Gasteiger partial charge in [-0.1, -0.05) is 30.3 Å². The van der Waals surface area contributed by atoms with Crippen molar-refractivity contribution in [3.63, 3.8) is 0 Å². The van der Waals surface area contributed by atoms with Crippen LogP contribution in [0.1, 0.15) is 5.56 Å². The molecule has 1 aliphatic rings. The van der Waals surface area contributed by atoms with Crippen LogP contribution in [-0.2, 0) is 5.75 Å². The average molecular weight is 309 g/mol. The first-order valence-electron chi connectivity index (χ1n) is 7.26. The van der Waals surface area contributed by atoms with Gasteiger partial charge in [-0.2, -0.15) is 0 Å². The van der Waals surface area contributed by atoms with Gasteiger partial charge >= 0.3 is 0 Å². The van der Waals surface area contributed by atoms with Crippen LogP contribution in [0.4, 0.5) is 0 Å². The monoisotopic (exact) mass is 309 g/mol. The van der Waals surface area contributed by atoms with Gasteiger partial charge in [0.1, 0.15) is 13.2 Å². The molecule has 4 rings (SSSR count). The van der Waals surface area contributed by atoms with Gasteiger partial charge in [-0.15, -0.1) is 11.8 Å². The fourth-order valence-electron chi connectivity index (χ4n) is 2.46. The molecule has 3 aromatic rings. The lowest BCUT2D eigenvalue weighted by molar-refractivity contribution is 0.171. The summed E-state index contributed by atoms with van der Waals surface area (Å²) in [6, 6.07) is 18.5. The van der Waals surface area contributed by atoms with Crippen molar-refractivity contribution in [3.05, 3.63) is 60.2 Å². The molecule has 0 atom stereocenters. The van der Waals surface area contributed by atoms with Crippen LogP contribution in [0, 0.1) is 0 Å². The maximum atomic E-state index is 5.62. The minimum atomic E-state index is 0.621. The van der Waals surface area contributed by atoms with E-state index in [-0.39, 0.29) is 0 Å². The molecule has 110 valence electrons. The van der Waals surface area contributed by atoms with Crippen LogP contribution in [0.25, 0.3) is 10.9 Å². The van der Waals surface area contributed by atoms with Crippen molar-refractivity contribution in [2.24, 2.45) is 0 Å². The number of fused-ring (bicyclic) bond motifs is 2. The quantitative estimate of drug-likeness (QED) is 0.675. The highest BCUT2D eigenvalue weighted by Crippen LogP contribution is 2.33. The number of aromatic nitrogens is 1. The van der Waals surface area contributed by atoms with Gasteiger partial charge < -0.3 is 9.47 Å². The van der Waals surface area contributed by atoms with E-state index in [2.05, 4.69) is 35.3 Å². The van der Waals surface area contributed by atoms with Crippen LogP contribution in [0.2, 0.25) is 0 Å². The Labute approximate surface area is 133 Å². The van der Waals surface area contributed by atoms with Crippen molar-refractivity contribution in [3.8, 4) is 11.5 Å². The van der Waals surface area contributed by atoms with E-state index in [1.165, 1.54) is 10.9 Å². The molecule has 0 amide bonds. The minimum Gasteiger partial charge on any atom is -0.486 e. The molecule has 2 heterocycles. The molecule has 2 aromatic carbocycles. The highest BCUT2D eigenvalue weighted by Gasteiger charge is 2.11. The molecule has 0 fully saturated rings. The number of benzene rings is 2. The Hall–Kier alpha value is -2.20. The van der Waals surface area contributed by atoms with Gasteiger partial charge in [-0.05, 0) is 29.8 Å². The second kappa shape index (κ2) is 5.89. The zero-order valence-electron chi connectivity index (χ0n) is 12.0. The summed E-state index contributed by atoms with van der Waals surface area (Å²) in [7, 11) is 0. The lowest BCUT2D eigenvalue weighted by Crippen LogP contribution is -2.15. The Morgan fingerprint density at radius 1 is 0.909 bits per heavy atom. The third kappa shape index (κ3) is 2.74. The lowest BCUT2D eigenvalue weighted by Gasteiger charge is -2.18. The fraction of sp³-hybridized carbons (Fsp3) is 0.167. The average Bonchev–Trinajstić information content (AvgIpc) is 2.59. The lowest BCUT2D eigenvalue weighted by atomic mass is 10.2. The maximum Gasteiger partial charge on any atom is 0.161 e. The fourth-order valence-corrected chi connectivity index (χ4v) is 3.28. The molecule has 0 aliphatic carbocycles. The van der Waals surface area contributed by atoms with E-state index >= 15 is 0 Å². The van der Waals surface area contributed by atoms with Gasteiger partial charge in [0.15, 0.2) is 11.5 Å². The smallest absolute Gasteiger partial charge is 0.161 e. The zero-order chi connectivity index (χ0) is 14.8. The second-order valence-corrected chi connectivity index (χ2v) is 6.10. The predicted octanol–water partition coefficient (Wildman–Crippen LogP) is 4.30. The molecule has 1 aliphatic heterocycles. The number of rotatable bonds is 3. The Kier molecular flexibility index (Phi) is 3.60. The third-order valence-corrected chi connectivity index (χ3v) is 4.57. The van der Waals surface area contributed by atoms with E-state index in [4.69, 9.17) is 9.47 Å². The first-order chi connectivity index (χ1) is 10.9. The van der Waals surface area contributed by atoms with Crippen molar-refractivity contribution in [2.75, 3.05) is 13.2 Å². The van der Waals surface area contributed by atoms with E-state index in [0.717, 1.165) is 27.8 Å². The molecule has 0 radical (unpaired) electrons. The van der Waals surface area contributed by atoms with Crippen molar-refractivity contribution >= 4 is 22.7 Å². The molecule has 3 nitrogen and oxygen atoms in total. The molecule has 0 unspecified atom stereocenters. The Morgan fingerprint density at radius 2 is 1.77 bits per heavy atom. The van der Waals surface area contributed by atoms with Crippen molar-refractivity contribution < 1.29 is 9.47 Å². The molecule has 0 spiro atoms. The van der Waals surface area contributed by atoms with Crippen LogP contribution >= 0.6 is 11.8 Å². The van der Waals surface area contributed by atoms with Gasteiger partial charge in [0.05, 0.1) is 10.5 Å². The number of thioether (sulfide) groups is 1. The molecular weight excluding hydrogens is 294 g/mol. The largest absolute Gasteiger partial charge is 0.486 e. The predicted molar refractivity (Wildman–Crippen MR) is 88.7 cm³/mol. The van der Waals surface area contributed by atoms with Crippen molar-refractivity contribution in [1.29, 1.82) is 0 Å². The molecule has 22 heavy (non-hydrogen) atoms. The van der Waals surface area contributed by atoms with E-state index in [1.807, 2.05) is 24.3 Å². The first-order valence-corrected chi connectivity index (χ1v) is 8.24. The zero-order valence-corrected chi connectivity index (χ0v) is 12.8. The number of nitrogens with zero attached hydrogens (tertiary/aromatic N) is 1. The van der Waals surface area contributed by atoms with Crippen LogP contribution < -0.4 is 9.47 Å². The Morgan fingerprint density at radius 3 is 2.73 bits per heavy atom. The first kappa shape index (κ1) is 13.5. The van der Waals surface area contributed by atoms with Crippen LogP contribution in [0.3, 0.4) is 0 Å². The number of para-hydroxylation sites is 1. The minimum absolute atomic E-state index is 0.621. The van der Waals surface area contributed by atoms with E-state index in [0.29, 0.717) is 13.2 Å². The number of ether oxygens (including phenoxy) is 2. The molecular formula is C18H15NO2S. The molecule has 0 saturated heterocycles. The molecule has 0 saturated carbocycles.